The number of amides is 3. The Bertz CT molecular complexity index is 757. The minimum atomic E-state index is -0.970. The van der Waals surface area contributed by atoms with Crippen molar-refractivity contribution in [2.24, 2.45) is 0 Å². The van der Waals surface area contributed by atoms with Crippen LogP contribution in [-0.4, -0.2) is 66.1 Å². The summed E-state index contributed by atoms with van der Waals surface area (Å²) in [6, 6.07) is -1.87. The Morgan fingerprint density at radius 3 is 2.61 bits per heavy atom. The molecule has 3 N–H and O–H groups in total. The van der Waals surface area contributed by atoms with E-state index in [1.165, 1.54) is 18.4 Å². The number of ether oxygens (including phenoxy) is 1. The SMILES string of the molecule is CCP(CC)C(C(=O)NC1C(=O)NC1C(=O)OC)c1csc(NC(=O)CCl)n1. The number of esters is 1. The average Bonchev–Trinajstić information content (AvgIpc) is 3.14. The van der Waals surface area contributed by atoms with Gasteiger partial charge in [0.15, 0.2) is 11.2 Å². The second-order valence-electron chi connectivity index (χ2n) is 5.88. The monoisotopic (exact) mass is 448 g/mol. The van der Waals surface area contributed by atoms with Gasteiger partial charge in [-0.2, -0.15) is 0 Å². The summed E-state index contributed by atoms with van der Waals surface area (Å²) in [6.45, 7) is 3.98. The van der Waals surface area contributed by atoms with E-state index in [9.17, 15) is 19.2 Å². The number of carbonyl (C=O) groups is 4. The van der Waals surface area contributed by atoms with Crippen molar-refractivity contribution in [3.8, 4) is 0 Å². The maximum atomic E-state index is 13.0. The highest BCUT2D eigenvalue weighted by molar-refractivity contribution is 7.59. The molecule has 2 heterocycles. The Hall–Kier alpha value is -1.77. The van der Waals surface area contributed by atoms with Gasteiger partial charge in [-0.15, -0.1) is 22.9 Å². The molecule has 154 valence electrons. The highest BCUT2D eigenvalue weighted by Gasteiger charge is 2.47. The first kappa shape index (κ1) is 22.5. The number of methoxy groups -OCH3 is 1. The third-order valence-corrected chi connectivity index (χ3v) is 8.13. The smallest absolute Gasteiger partial charge is 0.331 e. The summed E-state index contributed by atoms with van der Waals surface area (Å²) in [4.78, 5) is 52.4. The van der Waals surface area contributed by atoms with Gasteiger partial charge < -0.3 is 20.7 Å². The summed E-state index contributed by atoms with van der Waals surface area (Å²) < 4.78 is 4.64. The molecule has 3 atom stereocenters. The quantitative estimate of drug-likeness (QED) is 0.224. The third-order valence-electron chi connectivity index (χ3n) is 4.26. The predicted molar refractivity (Wildman–Crippen MR) is 108 cm³/mol. The Balaban J connectivity index is 2.21. The molecule has 1 fully saturated rings. The molecule has 3 unspecified atom stereocenters. The van der Waals surface area contributed by atoms with E-state index in [-0.39, 0.29) is 17.7 Å². The summed E-state index contributed by atoms with van der Waals surface area (Å²) in [7, 11) is 0.457. The fourth-order valence-corrected chi connectivity index (χ4v) is 5.79. The van der Waals surface area contributed by atoms with E-state index >= 15 is 0 Å². The molecule has 1 aliphatic rings. The lowest BCUT2D eigenvalue weighted by atomic mass is 9.99. The van der Waals surface area contributed by atoms with Crippen LogP contribution in [0.2, 0.25) is 0 Å². The maximum absolute atomic E-state index is 13.0. The average molecular weight is 449 g/mol. The molecule has 1 aliphatic heterocycles. The Morgan fingerprint density at radius 2 is 2.07 bits per heavy atom. The van der Waals surface area contributed by atoms with Crippen molar-refractivity contribution >= 4 is 59.7 Å². The number of aromatic nitrogens is 1. The molecular weight excluding hydrogens is 427 g/mol. The van der Waals surface area contributed by atoms with Crippen LogP contribution in [0.25, 0.3) is 0 Å². The van der Waals surface area contributed by atoms with Crippen molar-refractivity contribution in [1.82, 2.24) is 15.6 Å². The zero-order valence-electron chi connectivity index (χ0n) is 15.7. The molecule has 3 amide bonds. The molecule has 0 spiro atoms. The number of β-lactam (4-membered cyclic amide) rings is 1. The van der Waals surface area contributed by atoms with Crippen LogP contribution < -0.4 is 16.0 Å². The molecular formula is C16H22ClN4O5PS. The van der Waals surface area contributed by atoms with Crippen LogP contribution in [0.3, 0.4) is 0 Å². The lowest BCUT2D eigenvalue weighted by Crippen LogP contribution is -2.72. The predicted octanol–water partition coefficient (Wildman–Crippen LogP) is 1.04. The number of hydrogen-bond donors (Lipinski definition) is 3. The van der Waals surface area contributed by atoms with E-state index in [0.717, 1.165) is 12.3 Å². The molecule has 1 aromatic heterocycles. The van der Waals surface area contributed by atoms with Gasteiger partial charge in [-0.25, -0.2) is 9.78 Å². The fraction of sp³-hybridized carbons (Fsp3) is 0.562. The normalized spacial score (nSPS) is 19.4. The molecule has 2 rings (SSSR count). The van der Waals surface area contributed by atoms with Crippen molar-refractivity contribution in [3.05, 3.63) is 11.1 Å². The minimum Gasteiger partial charge on any atom is -0.467 e. The van der Waals surface area contributed by atoms with Gasteiger partial charge in [-0.1, -0.05) is 21.8 Å². The van der Waals surface area contributed by atoms with Gasteiger partial charge in [0.1, 0.15) is 17.6 Å². The molecule has 28 heavy (non-hydrogen) atoms. The first-order valence-corrected chi connectivity index (χ1v) is 11.8. The maximum Gasteiger partial charge on any atom is 0.331 e. The summed E-state index contributed by atoms with van der Waals surface area (Å²) in [5.74, 6) is -2.00. The summed E-state index contributed by atoms with van der Waals surface area (Å²) >= 11 is 6.69. The molecule has 0 saturated carbocycles. The van der Waals surface area contributed by atoms with E-state index in [1.807, 2.05) is 13.8 Å². The standard InChI is InChI=1S/C16H22ClN4O5PS/c1-4-27(5-2)12(8-7-28-16(18-8)19-9(22)6-17)14(24)20-10-11(15(25)26-3)21-13(10)23/h7,10-12H,4-6H2,1-3H3,(H,20,24)(H,21,23)(H,18,19,22). The third kappa shape index (κ3) is 4.98. The lowest BCUT2D eigenvalue weighted by Gasteiger charge is -2.36. The number of nitrogens with zero attached hydrogens (tertiary/aromatic N) is 1. The van der Waals surface area contributed by atoms with Crippen LogP contribution in [0.15, 0.2) is 5.38 Å². The Morgan fingerprint density at radius 1 is 1.39 bits per heavy atom. The first-order valence-electron chi connectivity index (χ1n) is 8.60. The number of nitrogens with one attached hydrogen (secondary N) is 3. The summed E-state index contributed by atoms with van der Waals surface area (Å²) in [5.41, 5.74) is -0.0360. The van der Waals surface area contributed by atoms with Crippen LogP contribution in [-0.2, 0) is 23.9 Å². The largest absolute Gasteiger partial charge is 0.467 e. The molecule has 0 bridgehead atoms. The van der Waals surface area contributed by atoms with Gasteiger partial charge in [0.25, 0.3) is 0 Å². The van der Waals surface area contributed by atoms with Crippen LogP contribution in [0.1, 0.15) is 25.2 Å². The lowest BCUT2D eigenvalue weighted by molar-refractivity contribution is -0.153. The number of halogens is 1. The number of anilines is 1. The van der Waals surface area contributed by atoms with Crippen molar-refractivity contribution < 1.29 is 23.9 Å². The topological polar surface area (TPSA) is 126 Å². The van der Waals surface area contributed by atoms with Gasteiger partial charge in [-0.05, 0) is 12.3 Å². The van der Waals surface area contributed by atoms with Crippen LogP contribution in [0.4, 0.5) is 5.13 Å². The number of alkyl halides is 1. The first-order chi connectivity index (χ1) is 13.4. The summed E-state index contributed by atoms with van der Waals surface area (Å²) in [5, 5.41) is 9.72. The molecule has 0 radical (unpaired) electrons. The van der Waals surface area contributed by atoms with Crippen molar-refractivity contribution in [2.75, 3.05) is 30.6 Å². The highest BCUT2D eigenvalue weighted by atomic mass is 35.5. The molecule has 1 saturated heterocycles. The Kier molecular flexibility index (Phi) is 8.15. The zero-order chi connectivity index (χ0) is 20.8. The van der Waals surface area contributed by atoms with E-state index in [4.69, 9.17) is 11.6 Å². The van der Waals surface area contributed by atoms with Crippen molar-refractivity contribution in [3.63, 3.8) is 0 Å². The second-order valence-corrected chi connectivity index (χ2v) is 9.96. The van der Waals surface area contributed by atoms with E-state index < -0.39 is 37.5 Å². The van der Waals surface area contributed by atoms with E-state index in [1.54, 1.807) is 5.38 Å². The van der Waals surface area contributed by atoms with E-state index in [2.05, 4.69) is 25.7 Å². The number of hydrogen-bond acceptors (Lipinski definition) is 7. The number of thiazole rings is 1. The van der Waals surface area contributed by atoms with Crippen LogP contribution in [0.5, 0.6) is 0 Å². The molecule has 9 nitrogen and oxygen atoms in total. The Labute approximate surface area is 172 Å². The van der Waals surface area contributed by atoms with Crippen molar-refractivity contribution in [1.29, 1.82) is 0 Å². The van der Waals surface area contributed by atoms with Gasteiger partial charge >= 0.3 is 5.97 Å². The molecule has 1 aromatic rings. The highest BCUT2D eigenvalue weighted by Crippen LogP contribution is 2.51. The van der Waals surface area contributed by atoms with Gasteiger partial charge in [0, 0.05) is 5.38 Å². The minimum absolute atomic E-state index is 0.193. The number of rotatable bonds is 9. The van der Waals surface area contributed by atoms with Crippen LogP contribution >= 0.6 is 30.9 Å². The van der Waals surface area contributed by atoms with Gasteiger partial charge in [0.05, 0.1) is 12.8 Å². The van der Waals surface area contributed by atoms with Crippen molar-refractivity contribution in [2.45, 2.75) is 31.6 Å². The van der Waals surface area contributed by atoms with Crippen LogP contribution in [0, 0.1) is 0 Å². The van der Waals surface area contributed by atoms with Gasteiger partial charge in [0.2, 0.25) is 17.7 Å². The molecule has 0 aliphatic carbocycles. The second kappa shape index (κ2) is 10.1. The van der Waals surface area contributed by atoms with E-state index in [0.29, 0.717) is 10.8 Å². The summed E-state index contributed by atoms with van der Waals surface area (Å²) in [6.07, 6.45) is 1.56. The van der Waals surface area contributed by atoms with Gasteiger partial charge in [-0.3, -0.25) is 14.4 Å². The zero-order valence-corrected chi connectivity index (χ0v) is 18.1. The molecule has 12 heteroatoms. The fourth-order valence-electron chi connectivity index (χ4n) is 2.78. The molecule has 0 aromatic carbocycles. The number of carbonyl (C=O) groups excluding carboxylic acids is 4.